The first kappa shape index (κ1) is 14.8. The lowest BCUT2D eigenvalue weighted by Gasteiger charge is -2.13. The Morgan fingerprint density at radius 2 is 2.10 bits per heavy atom. The molecule has 2 aromatic rings. The molecule has 0 N–H and O–H groups in total. The fourth-order valence-corrected chi connectivity index (χ4v) is 3.14. The summed E-state index contributed by atoms with van der Waals surface area (Å²) >= 11 is 1.36. The number of Topliss-reactive ketones (excluding diaryl/α,β-unsaturated/α-hetero) is 1. The van der Waals surface area contributed by atoms with Gasteiger partial charge in [-0.25, -0.2) is 4.68 Å². The van der Waals surface area contributed by atoms with Crippen molar-refractivity contribution in [1.82, 2.24) is 24.8 Å². The molecule has 0 aromatic carbocycles. The quantitative estimate of drug-likeness (QED) is 0.624. The van der Waals surface area contributed by atoms with Gasteiger partial charge in [0.2, 0.25) is 5.16 Å². The van der Waals surface area contributed by atoms with E-state index in [0.717, 1.165) is 17.0 Å². The van der Waals surface area contributed by atoms with E-state index in [4.69, 9.17) is 0 Å². The molecule has 0 aliphatic rings. The van der Waals surface area contributed by atoms with Crippen LogP contribution in [0.3, 0.4) is 0 Å². The minimum atomic E-state index is 0.109. The number of hydrogen-bond acceptors (Lipinski definition) is 5. The summed E-state index contributed by atoms with van der Waals surface area (Å²) in [6, 6.07) is 2.32. The lowest BCUT2D eigenvalue weighted by Crippen LogP contribution is -2.08. The van der Waals surface area contributed by atoms with Gasteiger partial charge in [0.25, 0.3) is 0 Å². The molecule has 0 saturated heterocycles. The van der Waals surface area contributed by atoms with Gasteiger partial charge in [0.1, 0.15) is 0 Å². The zero-order valence-electron chi connectivity index (χ0n) is 12.4. The van der Waals surface area contributed by atoms with Crippen molar-refractivity contribution < 1.29 is 4.79 Å². The molecule has 108 valence electrons. The molecule has 0 radical (unpaired) electrons. The van der Waals surface area contributed by atoms with Crippen LogP contribution in [0.25, 0.3) is 0 Å². The predicted molar refractivity (Wildman–Crippen MR) is 78.1 cm³/mol. The molecule has 0 aliphatic heterocycles. The molecule has 0 bridgehead atoms. The van der Waals surface area contributed by atoms with E-state index in [-0.39, 0.29) is 5.78 Å². The summed E-state index contributed by atoms with van der Waals surface area (Å²) in [5.41, 5.74) is 2.93. The molecule has 2 heterocycles. The van der Waals surface area contributed by atoms with Gasteiger partial charge in [0.15, 0.2) is 5.78 Å². The molecule has 0 spiro atoms. The number of hydrogen-bond donors (Lipinski definition) is 0. The number of rotatable bonds is 5. The molecular weight excluding hydrogens is 274 g/mol. The number of nitrogens with zero attached hydrogens (tertiary/aromatic N) is 5. The SMILES string of the molecule is Cc1cc(C(=O)CSc2nnnn2C)c(C)n1C(C)C. The van der Waals surface area contributed by atoms with Crippen molar-refractivity contribution in [3.63, 3.8) is 0 Å². The van der Waals surface area contributed by atoms with E-state index in [2.05, 4.69) is 33.9 Å². The van der Waals surface area contributed by atoms with E-state index >= 15 is 0 Å². The van der Waals surface area contributed by atoms with Gasteiger partial charge in [-0.2, -0.15) is 0 Å². The van der Waals surface area contributed by atoms with Crippen molar-refractivity contribution in [2.75, 3.05) is 5.75 Å². The van der Waals surface area contributed by atoms with Crippen molar-refractivity contribution in [3.05, 3.63) is 23.0 Å². The van der Waals surface area contributed by atoms with Crippen molar-refractivity contribution >= 4 is 17.5 Å². The lowest BCUT2D eigenvalue weighted by atomic mass is 10.2. The number of tetrazole rings is 1. The molecule has 0 amide bonds. The van der Waals surface area contributed by atoms with Crippen LogP contribution in [0.4, 0.5) is 0 Å². The fraction of sp³-hybridized carbons (Fsp3) is 0.538. The van der Waals surface area contributed by atoms with Gasteiger partial charge in [-0.1, -0.05) is 11.8 Å². The average Bonchev–Trinajstić information content (AvgIpc) is 2.90. The first-order chi connectivity index (χ1) is 9.41. The Balaban J connectivity index is 2.14. The molecule has 2 rings (SSSR count). The van der Waals surface area contributed by atoms with Crippen molar-refractivity contribution in [2.45, 2.75) is 38.9 Å². The van der Waals surface area contributed by atoms with E-state index in [1.807, 2.05) is 19.9 Å². The highest BCUT2D eigenvalue weighted by molar-refractivity contribution is 7.99. The Kier molecular flexibility index (Phi) is 4.27. The normalized spacial score (nSPS) is 11.3. The van der Waals surface area contributed by atoms with Crippen LogP contribution >= 0.6 is 11.8 Å². The molecule has 0 aliphatic carbocycles. The van der Waals surface area contributed by atoms with Crippen LogP contribution in [0.2, 0.25) is 0 Å². The molecule has 2 aromatic heterocycles. The van der Waals surface area contributed by atoms with Crippen molar-refractivity contribution in [2.24, 2.45) is 7.05 Å². The van der Waals surface area contributed by atoms with Crippen LogP contribution in [0.1, 0.15) is 41.6 Å². The molecule has 6 nitrogen and oxygen atoms in total. The average molecular weight is 293 g/mol. The van der Waals surface area contributed by atoms with Crippen LogP contribution in [-0.2, 0) is 7.05 Å². The molecule has 0 fully saturated rings. The predicted octanol–water partition coefficient (Wildman–Crippen LogP) is 2.18. The first-order valence-corrected chi connectivity index (χ1v) is 7.47. The first-order valence-electron chi connectivity index (χ1n) is 6.48. The molecule has 0 unspecified atom stereocenters. The summed E-state index contributed by atoms with van der Waals surface area (Å²) in [4.78, 5) is 12.3. The molecule has 7 heteroatoms. The number of aromatic nitrogens is 5. The second-order valence-corrected chi connectivity index (χ2v) is 5.99. The zero-order chi connectivity index (χ0) is 14.9. The van der Waals surface area contributed by atoms with Crippen LogP contribution in [0, 0.1) is 13.8 Å². The third-order valence-electron chi connectivity index (χ3n) is 3.21. The Bertz CT molecular complexity index is 629. The zero-order valence-corrected chi connectivity index (χ0v) is 13.2. The second-order valence-electron chi connectivity index (χ2n) is 5.05. The maximum Gasteiger partial charge on any atom is 0.209 e. The summed E-state index contributed by atoms with van der Waals surface area (Å²) in [7, 11) is 1.76. The van der Waals surface area contributed by atoms with Crippen molar-refractivity contribution in [3.8, 4) is 0 Å². The van der Waals surface area contributed by atoms with Crippen molar-refractivity contribution in [1.29, 1.82) is 0 Å². The van der Waals surface area contributed by atoms with Gasteiger partial charge in [-0.05, 0) is 44.2 Å². The van der Waals surface area contributed by atoms with E-state index in [0.29, 0.717) is 17.0 Å². The fourth-order valence-electron chi connectivity index (χ4n) is 2.41. The second kappa shape index (κ2) is 5.78. The Morgan fingerprint density at radius 3 is 2.60 bits per heavy atom. The maximum atomic E-state index is 12.3. The van der Waals surface area contributed by atoms with E-state index in [1.165, 1.54) is 11.8 Å². The molecule has 0 atom stereocenters. The Hall–Kier alpha value is -1.63. The number of carbonyl (C=O) groups is 1. The minimum Gasteiger partial charge on any atom is -0.346 e. The third-order valence-corrected chi connectivity index (χ3v) is 4.23. The summed E-state index contributed by atoms with van der Waals surface area (Å²) in [6.45, 7) is 8.26. The Morgan fingerprint density at radius 1 is 1.40 bits per heavy atom. The van der Waals surface area contributed by atoms with Gasteiger partial charge >= 0.3 is 0 Å². The van der Waals surface area contributed by atoms with E-state index in [1.54, 1.807) is 11.7 Å². The Labute approximate surface area is 122 Å². The maximum absolute atomic E-state index is 12.3. The number of thioether (sulfide) groups is 1. The number of ketones is 1. The van der Waals surface area contributed by atoms with Gasteiger partial charge in [-0.3, -0.25) is 4.79 Å². The summed E-state index contributed by atoms with van der Waals surface area (Å²) in [5.74, 6) is 0.453. The highest BCUT2D eigenvalue weighted by Crippen LogP contribution is 2.22. The standard InChI is InChI=1S/C13H19N5OS/c1-8(2)18-9(3)6-11(10(18)4)12(19)7-20-13-14-15-16-17(13)5/h6,8H,7H2,1-5H3. The van der Waals surface area contributed by atoms with E-state index < -0.39 is 0 Å². The van der Waals surface area contributed by atoms with Crippen LogP contribution in [0.5, 0.6) is 0 Å². The van der Waals surface area contributed by atoms with Gasteiger partial charge in [0.05, 0.1) is 5.75 Å². The topological polar surface area (TPSA) is 65.6 Å². The number of aryl methyl sites for hydroxylation is 2. The number of carbonyl (C=O) groups excluding carboxylic acids is 1. The van der Waals surface area contributed by atoms with E-state index in [9.17, 15) is 4.79 Å². The monoisotopic (exact) mass is 293 g/mol. The van der Waals surface area contributed by atoms with Gasteiger partial charge in [-0.15, -0.1) is 5.10 Å². The van der Waals surface area contributed by atoms with Crippen LogP contribution < -0.4 is 0 Å². The van der Waals surface area contributed by atoms with Gasteiger partial charge < -0.3 is 4.57 Å². The highest BCUT2D eigenvalue weighted by Gasteiger charge is 2.18. The summed E-state index contributed by atoms with van der Waals surface area (Å²) in [6.07, 6.45) is 0. The highest BCUT2D eigenvalue weighted by atomic mass is 32.2. The van der Waals surface area contributed by atoms with Gasteiger partial charge in [0, 0.05) is 30.0 Å². The lowest BCUT2D eigenvalue weighted by molar-refractivity contribution is 0.102. The molecule has 20 heavy (non-hydrogen) atoms. The van der Waals surface area contributed by atoms with Crippen LogP contribution in [0.15, 0.2) is 11.2 Å². The third kappa shape index (κ3) is 2.77. The summed E-state index contributed by atoms with van der Waals surface area (Å²) < 4.78 is 3.75. The molecular formula is C13H19N5OS. The van der Waals surface area contributed by atoms with Crippen LogP contribution in [-0.4, -0.2) is 36.3 Å². The largest absolute Gasteiger partial charge is 0.346 e. The summed E-state index contributed by atoms with van der Waals surface area (Å²) in [5, 5.41) is 11.8. The molecule has 0 saturated carbocycles. The smallest absolute Gasteiger partial charge is 0.209 e. The minimum absolute atomic E-state index is 0.109.